The Hall–Kier alpha value is -0.180. The Balaban J connectivity index is 1.87. The maximum Gasteiger partial charge on any atom is 0.307 e. The molecular formula is C11H18O2S. The van der Waals surface area contributed by atoms with Gasteiger partial charge in [0.1, 0.15) is 5.60 Å². The predicted molar refractivity (Wildman–Crippen MR) is 58.5 cm³/mol. The second kappa shape index (κ2) is 3.76. The molecule has 0 N–H and O–H groups in total. The standard InChI is InChI=1S/C11H18O2S/c1-8(14)6-10(12)13-11-4-2-9(7-11)3-5-11/h8-9,14H,2-7H2,1H3. The maximum absolute atomic E-state index is 11.5. The minimum Gasteiger partial charge on any atom is -0.459 e. The van der Waals surface area contributed by atoms with Crippen LogP contribution in [0.4, 0.5) is 0 Å². The molecule has 0 saturated heterocycles. The van der Waals surface area contributed by atoms with Crippen molar-refractivity contribution in [2.45, 2.75) is 56.3 Å². The summed E-state index contributed by atoms with van der Waals surface area (Å²) in [5.41, 5.74) is -0.0651. The molecule has 2 saturated carbocycles. The van der Waals surface area contributed by atoms with Gasteiger partial charge in [0.25, 0.3) is 0 Å². The zero-order chi connectivity index (χ0) is 10.2. The number of fused-ring (bicyclic) bond motifs is 2. The third kappa shape index (κ3) is 2.08. The molecule has 1 atom stereocenters. The fraction of sp³-hybridized carbons (Fsp3) is 0.909. The van der Waals surface area contributed by atoms with Gasteiger partial charge in [-0.05, 0) is 38.0 Å². The van der Waals surface area contributed by atoms with Crippen molar-refractivity contribution < 1.29 is 9.53 Å². The lowest BCUT2D eigenvalue weighted by Gasteiger charge is -2.27. The molecule has 0 aromatic rings. The van der Waals surface area contributed by atoms with E-state index in [9.17, 15) is 4.79 Å². The average Bonchev–Trinajstić information content (AvgIpc) is 2.60. The molecular weight excluding hydrogens is 196 g/mol. The number of rotatable bonds is 3. The van der Waals surface area contributed by atoms with E-state index in [2.05, 4.69) is 12.6 Å². The first-order chi connectivity index (χ1) is 6.60. The lowest BCUT2D eigenvalue weighted by Crippen LogP contribution is -2.30. The van der Waals surface area contributed by atoms with Crippen molar-refractivity contribution in [3.05, 3.63) is 0 Å². The molecule has 3 heteroatoms. The summed E-state index contributed by atoms with van der Waals surface area (Å²) in [7, 11) is 0. The van der Waals surface area contributed by atoms with E-state index in [1.807, 2.05) is 6.92 Å². The summed E-state index contributed by atoms with van der Waals surface area (Å²) < 4.78 is 5.61. The molecule has 0 spiro atoms. The van der Waals surface area contributed by atoms with Crippen molar-refractivity contribution in [2.24, 2.45) is 5.92 Å². The van der Waals surface area contributed by atoms with E-state index >= 15 is 0 Å². The second-order valence-corrected chi connectivity index (χ2v) is 5.74. The predicted octanol–water partition coefficient (Wildman–Crippen LogP) is 2.57. The van der Waals surface area contributed by atoms with Crippen molar-refractivity contribution in [1.82, 2.24) is 0 Å². The van der Waals surface area contributed by atoms with Crippen LogP contribution in [0.5, 0.6) is 0 Å². The molecule has 2 aliphatic carbocycles. The molecule has 2 fully saturated rings. The molecule has 0 amide bonds. The molecule has 0 aromatic carbocycles. The molecule has 14 heavy (non-hydrogen) atoms. The van der Waals surface area contributed by atoms with Crippen molar-refractivity contribution in [1.29, 1.82) is 0 Å². The molecule has 2 rings (SSSR count). The topological polar surface area (TPSA) is 26.3 Å². The van der Waals surface area contributed by atoms with E-state index in [0.29, 0.717) is 6.42 Å². The fourth-order valence-corrected chi connectivity index (χ4v) is 2.96. The number of carbonyl (C=O) groups excluding carboxylic acids is 1. The van der Waals surface area contributed by atoms with Crippen LogP contribution in [0.15, 0.2) is 0 Å². The van der Waals surface area contributed by atoms with Crippen LogP contribution in [-0.2, 0) is 9.53 Å². The fourth-order valence-electron chi connectivity index (χ4n) is 2.81. The first-order valence-corrected chi connectivity index (χ1v) is 6.01. The minimum atomic E-state index is -0.0651. The summed E-state index contributed by atoms with van der Waals surface area (Å²) >= 11 is 4.20. The SMILES string of the molecule is CC(S)CC(=O)OC12CCC(CC1)C2. The molecule has 0 aliphatic heterocycles. The number of hydrogen-bond acceptors (Lipinski definition) is 3. The smallest absolute Gasteiger partial charge is 0.307 e. The van der Waals surface area contributed by atoms with Gasteiger partial charge in [-0.15, -0.1) is 0 Å². The molecule has 0 aromatic heterocycles. The van der Waals surface area contributed by atoms with Gasteiger partial charge in [0.05, 0.1) is 6.42 Å². The lowest BCUT2D eigenvalue weighted by atomic mass is 9.97. The van der Waals surface area contributed by atoms with Gasteiger partial charge in [0.2, 0.25) is 0 Å². The zero-order valence-electron chi connectivity index (χ0n) is 8.66. The highest BCUT2D eigenvalue weighted by Gasteiger charge is 2.47. The third-order valence-electron chi connectivity index (χ3n) is 3.47. The van der Waals surface area contributed by atoms with E-state index in [1.165, 1.54) is 12.8 Å². The Morgan fingerprint density at radius 2 is 2.21 bits per heavy atom. The van der Waals surface area contributed by atoms with Crippen LogP contribution >= 0.6 is 12.6 Å². The molecule has 2 nitrogen and oxygen atoms in total. The summed E-state index contributed by atoms with van der Waals surface area (Å²) in [6, 6.07) is 0. The van der Waals surface area contributed by atoms with E-state index in [1.54, 1.807) is 0 Å². The Kier molecular flexibility index (Phi) is 2.78. The maximum atomic E-state index is 11.5. The van der Waals surface area contributed by atoms with Crippen LogP contribution in [0.2, 0.25) is 0 Å². The first kappa shape index (κ1) is 10.3. The number of ether oxygens (including phenoxy) is 1. The van der Waals surface area contributed by atoms with Crippen LogP contribution < -0.4 is 0 Å². The number of carbonyl (C=O) groups is 1. The highest BCUT2D eigenvalue weighted by molar-refractivity contribution is 7.80. The summed E-state index contributed by atoms with van der Waals surface area (Å²) in [6.07, 6.45) is 6.23. The monoisotopic (exact) mass is 214 g/mol. The quantitative estimate of drug-likeness (QED) is 0.577. The Bertz CT molecular complexity index is 229. The molecule has 2 aliphatic rings. The Morgan fingerprint density at radius 3 is 2.64 bits per heavy atom. The molecule has 0 heterocycles. The second-order valence-electron chi connectivity index (χ2n) is 4.86. The van der Waals surface area contributed by atoms with Crippen LogP contribution in [-0.4, -0.2) is 16.8 Å². The molecule has 0 radical (unpaired) electrons. The number of thiol groups is 1. The number of esters is 1. The van der Waals surface area contributed by atoms with Crippen molar-refractivity contribution in [3.63, 3.8) is 0 Å². The Morgan fingerprint density at radius 1 is 1.57 bits per heavy atom. The summed E-state index contributed by atoms with van der Waals surface area (Å²) in [5.74, 6) is 0.770. The van der Waals surface area contributed by atoms with E-state index < -0.39 is 0 Å². The normalized spacial score (nSPS) is 37.1. The summed E-state index contributed by atoms with van der Waals surface area (Å²) in [6.45, 7) is 1.92. The van der Waals surface area contributed by atoms with Gasteiger partial charge in [0.15, 0.2) is 0 Å². The van der Waals surface area contributed by atoms with Gasteiger partial charge >= 0.3 is 5.97 Å². The minimum absolute atomic E-state index is 0.0601. The van der Waals surface area contributed by atoms with E-state index in [4.69, 9.17) is 4.74 Å². The molecule has 1 unspecified atom stereocenters. The van der Waals surface area contributed by atoms with Gasteiger partial charge in [-0.3, -0.25) is 4.79 Å². The van der Waals surface area contributed by atoms with Gasteiger partial charge in [-0.2, -0.15) is 12.6 Å². The van der Waals surface area contributed by atoms with Gasteiger partial charge < -0.3 is 4.74 Å². The highest BCUT2D eigenvalue weighted by Crippen LogP contribution is 2.50. The Labute approximate surface area is 90.8 Å². The van der Waals surface area contributed by atoms with Crippen molar-refractivity contribution in [2.75, 3.05) is 0 Å². The van der Waals surface area contributed by atoms with Crippen molar-refractivity contribution in [3.8, 4) is 0 Å². The van der Waals surface area contributed by atoms with Crippen LogP contribution in [0.25, 0.3) is 0 Å². The van der Waals surface area contributed by atoms with Crippen LogP contribution in [0.3, 0.4) is 0 Å². The summed E-state index contributed by atoms with van der Waals surface area (Å²) in [5, 5.41) is 0.109. The highest BCUT2D eigenvalue weighted by atomic mass is 32.1. The van der Waals surface area contributed by atoms with E-state index in [-0.39, 0.29) is 16.8 Å². The zero-order valence-corrected chi connectivity index (χ0v) is 9.56. The lowest BCUT2D eigenvalue weighted by molar-refractivity contribution is -0.158. The van der Waals surface area contributed by atoms with Gasteiger partial charge in [-0.25, -0.2) is 0 Å². The first-order valence-electron chi connectivity index (χ1n) is 5.50. The third-order valence-corrected chi connectivity index (χ3v) is 3.65. The number of hydrogen-bond donors (Lipinski definition) is 1. The van der Waals surface area contributed by atoms with Gasteiger partial charge in [0, 0.05) is 5.25 Å². The largest absolute Gasteiger partial charge is 0.459 e. The van der Waals surface area contributed by atoms with Gasteiger partial charge in [-0.1, -0.05) is 6.92 Å². The van der Waals surface area contributed by atoms with Crippen LogP contribution in [0.1, 0.15) is 45.4 Å². The molecule has 2 bridgehead atoms. The average molecular weight is 214 g/mol. The van der Waals surface area contributed by atoms with E-state index in [0.717, 1.165) is 25.2 Å². The van der Waals surface area contributed by atoms with Crippen molar-refractivity contribution >= 4 is 18.6 Å². The van der Waals surface area contributed by atoms with Crippen LogP contribution in [0, 0.1) is 5.92 Å². The summed E-state index contributed by atoms with van der Waals surface area (Å²) in [4.78, 5) is 11.5. The molecule has 80 valence electrons.